The molecule has 4 aromatic heterocycles. The Morgan fingerprint density at radius 1 is 0.472 bits per heavy atom. The number of rotatable bonds is 4. The quantitative estimate of drug-likeness (QED) is 0.183. The molecule has 6 aromatic rings. The molecule has 0 saturated carbocycles. The van der Waals surface area contributed by atoms with Gasteiger partial charge in [0.15, 0.2) is 0 Å². The molecular formula is C24H14Cl2O4S6. The van der Waals surface area contributed by atoms with Crippen molar-refractivity contribution in [2.24, 2.45) is 0 Å². The molecule has 2 aromatic carbocycles. The summed E-state index contributed by atoms with van der Waals surface area (Å²) in [6, 6.07) is 27.0. The van der Waals surface area contributed by atoms with E-state index in [1.807, 2.05) is 36.4 Å². The average Bonchev–Trinajstić information content (AvgIpc) is 3.62. The number of benzene rings is 2. The van der Waals surface area contributed by atoms with E-state index in [2.05, 4.69) is 24.3 Å². The third-order valence-corrected chi connectivity index (χ3v) is 14.0. The minimum Gasteiger partial charge on any atom is -0.206 e. The minimum atomic E-state index is -3.62. The van der Waals surface area contributed by atoms with Crippen molar-refractivity contribution < 1.29 is 16.8 Å². The van der Waals surface area contributed by atoms with Gasteiger partial charge in [-0.1, -0.05) is 36.4 Å². The molecule has 184 valence electrons. The summed E-state index contributed by atoms with van der Waals surface area (Å²) in [6.45, 7) is 0. The zero-order valence-corrected chi connectivity index (χ0v) is 24.3. The van der Waals surface area contributed by atoms with E-state index in [0.717, 1.165) is 19.5 Å². The minimum absolute atomic E-state index is 0.191. The summed E-state index contributed by atoms with van der Waals surface area (Å²) in [5.74, 6) is 0. The van der Waals surface area contributed by atoms with E-state index in [1.165, 1.54) is 42.8 Å². The maximum Gasteiger partial charge on any atom is 0.270 e. The van der Waals surface area contributed by atoms with Gasteiger partial charge in [-0.2, -0.15) is 0 Å². The van der Waals surface area contributed by atoms with Gasteiger partial charge in [0.05, 0.1) is 0 Å². The molecule has 0 aliphatic carbocycles. The molecule has 0 aliphatic rings. The molecule has 12 heteroatoms. The molecule has 0 fully saturated rings. The van der Waals surface area contributed by atoms with E-state index < -0.39 is 18.1 Å². The van der Waals surface area contributed by atoms with Gasteiger partial charge in [0.25, 0.3) is 18.1 Å². The SMILES string of the molecule is O=S(=O)(Cl)c1ccc(-c2cc3ccccc3s2)s1.O=S(=O)(Cl)c1ccc(-c2cc3ccccc3s2)s1. The molecule has 0 spiro atoms. The van der Waals surface area contributed by atoms with Crippen LogP contribution in [0.1, 0.15) is 0 Å². The Labute approximate surface area is 232 Å². The molecule has 0 bridgehead atoms. The van der Waals surface area contributed by atoms with E-state index in [0.29, 0.717) is 0 Å². The largest absolute Gasteiger partial charge is 0.270 e. The Hall–Kier alpha value is -1.76. The van der Waals surface area contributed by atoms with Gasteiger partial charge in [0.2, 0.25) is 0 Å². The highest BCUT2D eigenvalue weighted by Gasteiger charge is 2.16. The summed E-state index contributed by atoms with van der Waals surface area (Å²) < 4.78 is 47.7. The fourth-order valence-corrected chi connectivity index (χ4v) is 9.81. The first-order chi connectivity index (χ1) is 17.1. The van der Waals surface area contributed by atoms with E-state index >= 15 is 0 Å². The van der Waals surface area contributed by atoms with Crippen molar-refractivity contribution in [3.8, 4) is 19.5 Å². The maximum absolute atomic E-state index is 11.2. The van der Waals surface area contributed by atoms with Crippen LogP contribution < -0.4 is 0 Å². The van der Waals surface area contributed by atoms with Crippen molar-refractivity contribution in [3.63, 3.8) is 0 Å². The zero-order chi connectivity index (χ0) is 25.5. The summed E-state index contributed by atoms with van der Waals surface area (Å²) in [7, 11) is 3.40. The van der Waals surface area contributed by atoms with Crippen LogP contribution in [0.4, 0.5) is 0 Å². The summed E-state index contributed by atoms with van der Waals surface area (Å²) in [6.07, 6.45) is 0. The monoisotopic (exact) mass is 628 g/mol. The van der Waals surface area contributed by atoms with Crippen LogP contribution in [0.2, 0.25) is 0 Å². The van der Waals surface area contributed by atoms with Crippen molar-refractivity contribution in [2.75, 3.05) is 0 Å². The molecule has 0 radical (unpaired) electrons. The fraction of sp³-hybridized carbons (Fsp3) is 0. The van der Waals surface area contributed by atoms with Gasteiger partial charge in [-0.15, -0.1) is 45.3 Å². The van der Waals surface area contributed by atoms with Gasteiger partial charge < -0.3 is 0 Å². The van der Waals surface area contributed by atoms with Gasteiger partial charge in [0, 0.05) is 50.3 Å². The Balaban J connectivity index is 0.000000148. The van der Waals surface area contributed by atoms with Crippen LogP contribution in [0, 0.1) is 0 Å². The Bertz CT molecular complexity index is 1700. The van der Waals surface area contributed by atoms with Crippen molar-refractivity contribution in [1.29, 1.82) is 0 Å². The highest BCUT2D eigenvalue weighted by atomic mass is 35.7. The molecule has 0 unspecified atom stereocenters. The van der Waals surface area contributed by atoms with Crippen LogP contribution in [0.3, 0.4) is 0 Å². The first-order valence-corrected chi connectivity index (χ1v) is 18.0. The smallest absolute Gasteiger partial charge is 0.206 e. The van der Waals surface area contributed by atoms with Crippen molar-refractivity contribution in [1.82, 2.24) is 0 Å². The summed E-state index contributed by atoms with van der Waals surface area (Å²) in [5, 5.41) is 2.34. The standard InChI is InChI=1S/2C12H7ClO2S3/c2*13-18(14,15)12-6-5-10(17-12)11-7-8-3-1-2-4-9(8)16-11/h2*1-7H. The first-order valence-electron chi connectivity index (χ1n) is 10.1. The van der Waals surface area contributed by atoms with Crippen molar-refractivity contribution >= 4 is 105 Å². The van der Waals surface area contributed by atoms with E-state index in [4.69, 9.17) is 21.4 Å². The number of hydrogen-bond acceptors (Lipinski definition) is 8. The van der Waals surface area contributed by atoms with Crippen LogP contribution in [0.5, 0.6) is 0 Å². The zero-order valence-electron chi connectivity index (χ0n) is 17.9. The predicted molar refractivity (Wildman–Crippen MR) is 156 cm³/mol. The van der Waals surface area contributed by atoms with Crippen LogP contribution in [0.25, 0.3) is 39.7 Å². The number of hydrogen-bond donors (Lipinski definition) is 0. The van der Waals surface area contributed by atoms with Gasteiger partial charge in [0.1, 0.15) is 8.42 Å². The fourth-order valence-electron chi connectivity index (χ4n) is 3.37. The Morgan fingerprint density at radius 3 is 1.19 bits per heavy atom. The lowest BCUT2D eigenvalue weighted by molar-refractivity contribution is 0.609. The van der Waals surface area contributed by atoms with Crippen LogP contribution in [-0.4, -0.2) is 16.8 Å². The van der Waals surface area contributed by atoms with Gasteiger partial charge in [-0.3, -0.25) is 0 Å². The molecular weight excluding hydrogens is 616 g/mol. The Kier molecular flexibility index (Phi) is 7.32. The predicted octanol–water partition coefficient (Wildman–Crippen LogP) is 9.11. The second-order valence-corrected chi connectivity index (χ2v) is 17.3. The third-order valence-electron chi connectivity index (χ3n) is 4.98. The molecule has 4 nitrogen and oxygen atoms in total. The van der Waals surface area contributed by atoms with Gasteiger partial charge >= 0.3 is 0 Å². The molecule has 0 N–H and O–H groups in total. The lowest BCUT2D eigenvalue weighted by Gasteiger charge is -1.88. The average molecular weight is 630 g/mol. The molecule has 4 heterocycles. The second-order valence-electron chi connectivity index (χ2n) is 7.41. The summed E-state index contributed by atoms with van der Waals surface area (Å²) in [5.41, 5.74) is 0. The Morgan fingerprint density at radius 2 is 0.861 bits per heavy atom. The second kappa shape index (κ2) is 10.2. The topological polar surface area (TPSA) is 68.3 Å². The molecule has 0 saturated heterocycles. The summed E-state index contributed by atoms with van der Waals surface area (Å²) >= 11 is 5.69. The molecule has 0 aliphatic heterocycles. The normalized spacial score (nSPS) is 12.1. The van der Waals surface area contributed by atoms with E-state index in [1.54, 1.807) is 46.9 Å². The summed E-state index contributed by atoms with van der Waals surface area (Å²) in [4.78, 5) is 3.98. The van der Waals surface area contributed by atoms with Crippen LogP contribution in [-0.2, 0) is 18.1 Å². The molecule has 0 amide bonds. The van der Waals surface area contributed by atoms with Crippen LogP contribution in [0.15, 0.2) is 93.3 Å². The lowest BCUT2D eigenvalue weighted by Crippen LogP contribution is -1.82. The third kappa shape index (κ3) is 5.71. The maximum atomic E-state index is 11.2. The van der Waals surface area contributed by atoms with Gasteiger partial charge in [-0.05, 0) is 59.3 Å². The first kappa shape index (κ1) is 25.9. The molecule has 36 heavy (non-hydrogen) atoms. The molecule has 0 atom stereocenters. The highest BCUT2D eigenvalue weighted by molar-refractivity contribution is 8.15. The number of halogens is 2. The van der Waals surface area contributed by atoms with E-state index in [-0.39, 0.29) is 8.42 Å². The molecule has 6 rings (SSSR count). The number of fused-ring (bicyclic) bond motifs is 2. The van der Waals surface area contributed by atoms with Crippen molar-refractivity contribution in [2.45, 2.75) is 8.42 Å². The van der Waals surface area contributed by atoms with Crippen LogP contribution >= 0.6 is 66.7 Å². The van der Waals surface area contributed by atoms with E-state index in [9.17, 15) is 16.8 Å². The lowest BCUT2D eigenvalue weighted by atomic mass is 10.2. The highest BCUT2D eigenvalue weighted by Crippen LogP contribution is 2.40. The van der Waals surface area contributed by atoms with Crippen molar-refractivity contribution in [3.05, 3.63) is 84.9 Å². The number of thiophene rings is 4. The van der Waals surface area contributed by atoms with Gasteiger partial charge in [-0.25, -0.2) is 16.8 Å².